The van der Waals surface area contributed by atoms with Crippen molar-refractivity contribution in [1.82, 2.24) is 4.98 Å². The number of pyridine rings is 1. The Balaban J connectivity index is 2.19. The first-order valence-electron chi connectivity index (χ1n) is 7.14. The smallest absolute Gasteiger partial charge is 0.128 e. The van der Waals surface area contributed by atoms with Gasteiger partial charge in [0, 0.05) is 18.9 Å². The molecular formula is C15H25N3O. The lowest BCUT2D eigenvalue weighted by Gasteiger charge is -2.33. The van der Waals surface area contributed by atoms with Crippen LogP contribution in [0.3, 0.4) is 0 Å². The summed E-state index contributed by atoms with van der Waals surface area (Å²) in [5, 5.41) is 0. The lowest BCUT2D eigenvalue weighted by atomic mass is 9.81. The summed E-state index contributed by atoms with van der Waals surface area (Å²) < 4.78 is 5.69. The lowest BCUT2D eigenvalue weighted by molar-refractivity contribution is 0.0174. The molecule has 0 bridgehead atoms. The van der Waals surface area contributed by atoms with Crippen molar-refractivity contribution in [2.45, 2.75) is 51.2 Å². The molecule has 1 fully saturated rings. The van der Waals surface area contributed by atoms with Gasteiger partial charge in [0.1, 0.15) is 5.82 Å². The number of hydrogen-bond donors (Lipinski definition) is 2. The minimum absolute atomic E-state index is 0.0335. The van der Waals surface area contributed by atoms with Crippen LogP contribution in [0.4, 0.5) is 5.82 Å². The monoisotopic (exact) mass is 263 g/mol. The number of methoxy groups -OCH3 is 1. The Morgan fingerprint density at radius 2 is 2.00 bits per heavy atom. The minimum Gasteiger partial charge on any atom is -0.383 e. The van der Waals surface area contributed by atoms with Crippen molar-refractivity contribution in [3.05, 3.63) is 23.4 Å². The van der Waals surface area contributed by atoms with Crippen molar-refractivity contribution in [3.8, 4) is 0 Å². The van der Waals surface area contributed by atoms with Crippen LogP contribution in [0.25, 0.3) is 0 Å². The third kappa shape index (κ3) is 3.25. The van der Waals surface area contributed by atoms with Crippen molar-refractivity contribution in [1.29, 1.82) is 0 Å². The Hall–Kier alpha value is -1.13. The minimum atomic E-state index is -0.194. The topological polar surface area (TPSA) is 74.2 Å². The standard InChI is InChI=1S/C15H25N3O/c1-10-8-12(15(17)18-9-10)13(16)14(19-2)11-6-4-3-5-7-11/h8-9,11,13-14H,3-7,16H2,1-2H3,(H2,17,18). The number of aromatic nitrogens is 1. The van der Waals surface area contributed by atoms with E-state index in [1.807, 2.05) is 13.0 Å². The zero-order valence-corrected chi connectivity index (χ0v) is 11.9. The fourth-order valence-electron chi connectivity index (χ4n) is 3.14. The Morgan fingerprint density at radius 1 is 1.32 bits per heavy atom. The predicted octanol–water partition coefficient (Wildman–Crippen LogP) is 2.57. The highest BCUT2D eigenvalue weighted by Gasteiger charge is 2.30. The normalized spacial score (nSPS) is 20.2. The van der Waals surface area contributed by atoms with Crippen LogP contribution >= 0.6 is 0 Å². The molecule has 2 unspecified atom stereocenters. The van der Waals surface area contributed by atoms with Gasteiger partial charge in [-0.25, -0.2) is 4.98 Å². The van der Waals surface area contributed by atoms with E-state index in [4.69, 9.17) is 16.2 Å². The summed E-state index contributed by atoms with van der Waals surface area (Å²) in [5.41, 5.74) is 14.4. The van der Waals surface area contributed by atoms with Crippen LogP contribution in [0.5, 0.6) is 0 Å². The van der Waals surface area contributed by atoms with Crippen LogP contribution in [0.2, 0.25) is 0 Å². The zero-order chi connectivity index (χ0) is 13.8. The molecule has 19 heavy (non-hydrogen) atoms. The van der Waals surface area contributed by atoms with Gasteiger partial charge < -0.3 is 16.2 Å². The number of hydrogen-bond acceptors (Lipinski definition) is 4. The molecule has 1 aliphatic rings. The summed E-state index contributed by atoms with van der Waals surface area (Å²) in [7, 11) is 1.75. The molecule has 4 nitrogen and oxygen atoms in total. The molecule has 0 radical (unpaired) electrons. The average Bonchev–Trinajstić information content (AvgIpc) is 2.43. The largest absolute Gasteiger partial charge is 0.383 e. The molecule has 106 valence electrons. The summed E-state index contributed by atoms with van der Waals surface area (Å²) in [4.78, 5) is 4.20. The van der Waals surface area contributed by atoms with Gasteiger partial charge in [0.15, 0.2) is 0 Å². The fourth-order valence-corrected chi connectivity index (χ4v) is 3.14. The number of anilines is 1. The van der Waals surface area contributed by atoms with Gasteiger partial charge in [-0.05, 0) is 37.3 Å². The Kier molecular flexibility index (Phi) is 4.77. The van der Waals surface area contributed by atoms with Crippen molar-refractivity contribution in [3.63, 3.8) is 0 Å². The summed E-state index contributed by atoms with van der Waals surface area (Å²) in [6.07, 6.45) is 8.09. The quantitative estimate of drug-likeness (QED) is 0.875. The van der Waals surface area contributed by atoms with Crippen molar-refractivity contribution in [2.24, 2.45) is 11.7 Å². The van der Waals surface area contributed by atoms with Crippen LogP contribution in [0, 0.1) is 12.8 Å². The number of rotatable bonds is 4. The van der Waals surface area contributed by atoms with Gasteiger partial charge >= 0.3 is 0 Å². The van der Waals surface area contributed by atoms with E-state index in [9.17, 15) is 0 Å². The zero-order valence-electron chi connectivity index (χ0n) is 11.9. The molecule has 0 aliphatic heterocycles. The highest BCUT2D eigenvalue weighted by Crippen LogP contribution is 2.34. The molecule has 0 amide bonds. The first-order valence-corrected chi connectivity index (χ1v) is 7.14. The summed E-state index contributed by atoms with van der Waals surface area (Å²) in [6.45, 7) is 2.01. The fraction of sp³-hybridized carbons (Fsp3) is 0.667. The van der Waals surface area contributed by atoms with E-state index >= 15 is 0 Å². The van der Waals surface area contributed by atoms with E-state index in [1.54, 1.807) is 13.3 Å². The molecule has 1 saturated carbocycles. The maximum absolute atomic E-state index is 6.41. The second-order valence-corrected chi connectivity index (χ2v) is 5.61. The van der Waals surface area contributed by atoms with E-state index in [0.29, 0.717) is 11.7 Å². The second kappa shape index (κ2) is 6.35. The van der Waals surface area contributed by atoms with Crippen LogP contribution in [-0.2, 0) is 4.74 Å². The first-order chi connectivity index (χ1) is 9.13. The third-order valence-electron chi connectivity index (χ3n) is 4.19. The maximum atomic E-state index is 6.41. The van der Waals surface area contributed by atoms with Gasteiger partial charge in [-0.15, -0.1) is 0 Å². The summed E-state index contributed by atoms with van der Waals surface area (Å²) >= 11 is 0. The molecule has 0 aromatic carbocycles. The van der Waals surface area contributed by atoms with E-state index in [2.05, 4.69) is 4.98 Å². The number of nitrogens with two attached hydrogens (primary N) is 2. The molecule has 4 N–H and O–H groups in total. The molecule has 1 aliphatic carbocycles. The molecule has 1 heterocycles. The SMILES string of the molecule is COC(C1CCCCC1)C(N)c1cc(C)cnc1N. The highest BCUT2D eigenvalue weighted by atomic mass is 16.5. The lowest BCUT2D eigenvalue weighted by Crippen LogP contribution is -2.36. The average molecular weight is 263 g/mol. The van der Waals surface area contributed by atoms with Crippen LogP contribution in [0.1, 0.15) is 49.3 Å². The molecule has 1 aromatic heterocycles. The molecular weight excluding hydrogens is 238 g/mol. The van der Waals surface area contributed by atoms with E-state index in [1.165, 1.54) is 32.1 Å². The summed E-state index contributed by atoms with van der Waals surface area (Å²) in [5.74, 6) is 1.06. The third-order valence-corrected chi connectivity index (χ3v) is 4.19. The molecule has 2 rings (SSSR count). The van der Waals surface area contributed by atoms with Crippen molar-refractivity contribution in [2.75, 3.05) is 12.8 Å². The molecule has 1 aromatic rings. The predicted molar refractivity (Wildman–Crippen MR) is 77.7 cm³/mol. The second-order valence-electron chi connectivity index (χ2n) is 5.61. The number of nitrogen functional groups attached to an aromatic ring is 1. The number of aryl methyl sites for hydroxylation is 1. The first kappa shape index (κ1) is 14.3. The molecule has 0 spiro atoms. The molecule has 2 atom stereocenters. The van der Waals surface area contributed by atoms with Crippen LogP contribution in [0.15, 0.2) is 12.3 Å². The van der Waals surface area contributed by atoms with Crippen LogP contribution < -0.4 is 11.5 Å². The van der Waals surface area contributed by atoms with Crippen molar-refractivity contribution < 1.29 is 4.74 Å². The van der Waals surface area contributed by atoms with Gasteiger partial charge in [0.2, 0.25) is 0 Å². The van der Waals surface area contributed by atoms with Gasteiger partial charge in [-0.1, -0.05) is 19.3 Å². The number of nitrogens with zero attached hydrogens (tertiary/aromatic N) is 1. The van der Waals surface area contributed by atoms with E-state index < -0.39 is 0 Å². The van der Waals surface area contributed by atoms with E-state index in [0.717, 1.165) is 11.1 Å². The van der Waals surface area contributed by atoms with Crippen molar-refractivity contribution >= 4 is 5.82 Å². The Bertz CT molecular complexity index is 416. The molecule has 0 saturated heterocycles. The van der Waals surface area contributed by atoms with Crippen LogP contribution in [-0.4, -0.2) is 18.2 Å². The Labute approximate surface area is 115 Å². The summed E-state index contributed by atoms with van der Waals surface area (Å²) in [6, 6.07) is 1.84. The van der Waals surface area contributed by atoms with Gasteiger partial charge in [0.05, 0.1) is 12.1 Å². The van der Waals surface area contributed by atoms with Gasteiger partial charge in [-0.3, -0.25) is 0 Å². The Morgan fingerprint density at radius 3 is 2.63 bits per heavy atom. The van der Waals surface area contributed by atoms with Gasteiger partial charge in [0.25, 0.3) is 0 Å². The number of ether oxygens (including phenoxy) is 1. The van der Waals surface area contributed by atoms with Gasteiger partial charge in [-0.2, -0.15) is 0 Å². The maximum Gasteiger partial charge on any atom is 0.128 e. The van der Waals surface area contributed by atoms with E-state index in [-0.39, 0.29) is 12.1 Å². The highest BCUT2D eigenvalue weighted by molar-refractivity contribution is 5.43. The molecule has 4 heteroatoms.